The Bertz CT molecular complexity index is 1680. The largest absolute Gasteiger partial charge is 0.493 e. The van der Waals surface area contributed by atoms with Gasteiger partial charge in [-0.1, -0.05) is 53.6 Å². The minimum Gasteiger partial charge on any atom is -0.493 e. The molecule has 0 spiro atoms. The van der Waals surface area contributed by atoms with Gasteiger partial charge in [0.25, 0.3) is 5.91 Å². The lowest BCUT2D eigenvalue weighted by atomic mass is 9.98. The number of carbonyl (C=O) groups is 1. The summed E-state index contributed by atoms with van der Waals surface area (Å²) in [4.78, 5) is 19.3. The van der Waals surface area contributed by atoms with Crippen LogP contribution in [-0.4, -0.2) is 25.1 Å². The number of halogens is 1. The Kier molecular flexibility index (Phi) is 6.97. The van der Waals surface area contributed by atoms with Gasteiger partial charge in [-0.05, 0) is 60.9 Å². The van der Waals surface area contributed by atoms with Gasteiger partial charge in [-0.25, -0.2) is 4.98 Å². The number of amides is 1. The molecule has 5 aromatic rings. The summed E-state index contributed by atoms with van der Waals surface area (Å²) in [7, 11) is 3.20. The second-order valence-corrected chi connectivity index (χ2v) is 10.3. The quantitative estimate of drug-likeness (QED) is 0.228. The molecule has 3 aromatic carbocycles. The van der Waals surface area contributed by atoms with E-state index in [9.17, 15) is 4.79 Å². The number of benzene rings is 3. The van der Waals surface area contributed by atoms with Crippen LogP contribution in [0.15, 0.2) is 66.7 Å². The number of nitrogen functional groups attached to an aromatic ring is 1. The van der Waals surface area contributed by atoms with Crippen LogP contribution in [0.3, 0.4) is 0 Å². The van der Waals surface area contributed by atoms with E-state index in [-0.39, 0.29) is 5.91 Å². The summed E-state index contributed by atoms with van der Waals surface area (Å²) in [5, 5.41) is 4.21. The van der Waals surface area contributed by atoms with E-state index in [1.54, 1.807) is 20.3 Å². The van der Waals surface area contributed by atoms with Gasteiger partial charge >= 0.3 is 0 Å². The lowest BCUT2D eigenvalue weighted by molar-refractivity contribution is 0.103. The fraction of sp³-hybridized carbons (Fsp3) is 0.133. The summed E-state index contributed by atoms with van der Waals surface area (Å²) in [6.07, 6.45) is 0. The zero-order valence-corrected chi connectivity index (χ0v) is 23.0. The second kappa shape index (κ2) is 10.4. The SMILES string of the molecule is COc1ccc(-c2cc(-c3ccc(C)cc3)nc3sc(C(=O)Nc4ccc(C)c(Cl)c4)c(N)c23)cc1OC. The van der Waals surface area contributed by atoms with Crippen molar-refractivity contribution in [2.75, 3.05) is 25.3 Å². The highest BCUT2D eigenvalue weighted by Crippen LogP contribution is 2.43. The number of nitrogens with one attached hydrogen (secondary N) is 1. The molecule has 3 N–H and O–H groups in total. The number of pyridine rings is 1. The average molecular weight is 544 g/mol. The second-order valence-electron chi connectivity index (χ2n) is 8.93. The van der Waals surface area contributed by atoms with Crippen LogP contribution in [0.1, 0.15) is 20.8 Å². The van der Waals surface area contributed by atoms with Crippen LogP contribution in [0, 0.1) is 13.8 Å². The van der Waals surface area contributed by atoms with Crippen LogP contribution in [0.4, 0.5) is 11.4 Å². The molecular weight excluding hydrogens is 518 g/mol. The van der Waals surface area contributed by atoms with E-state index in [1.807, 2.05) is 74.5 Å². The highest BCUT2D eigenvalue weighted by molar-refractivity contribution is 7.21. The molecule has 0 bridgehead atoms. The molecule has 6 nitrogen and oxygen atoms in total. The molecule has 0 unspecified atom stereocenters. The number of methoxy groups -OCH3 is 2. The van der Waals surface area contributed by atoms with E-state index >= 15 is 0 Å². The van der Waals surface area contributed by atoms with Crippen molar-refractivity contribution in [3.05, 3.63) is 87.8 Å². The molecule has 0 atom stereocenters. The van der Waals surface area contributed by atoms with Crippen molar-refractivity contribution in [2.45, 2.75) is 13.8 Å². The molecule has 8 heteroatoms. The molecule has 0 aliphatic heterocycles. The molecule has 0 aliphatic rings. The van der Waals surface area contributed by atoms with Crippen molar-refractivity contribution in [1.82, 2.24) is 4.98 Å². The summed E-state index contributed by atoms with van der Waals surface area (Å²) in [6.45, 7) is 3.95. The van der Waals surface area contributed by atoms with Crippen LogP contribution in [0.25, 0.3) is 32.6 Å². The highest BCUT2D eigenvalue weighted by atomic mass is 35.5. The number of carbonyl (C=O) groups excluding carboxylic acids is 1. The zero-order chi connectivity index (χ0) is 27.0. The van der Waals surface area contributed by atoms with E-state index < -0.39 is 0 Å². The van der Waals surface area contributed by atoms with Gasteiger partial charge in [-0.3, -0.25) is 4.79 Å². The van der Waals surface area contributed by atoms with Crippen LogP contribution < -0.4 is 20.5 Å². The molecule has 1 amide bonds. The summed E-state index contributed by atoms with van der Waals surface area (Å²) >= 11 is 7.52. The van der Waals surface area contributed by atoms with Crippen molar-refractivity contribution in [3.63, 3.8) is 0 Å². The normalized spacial score (nSPS) is 11.0. The Morgan fingerprint density at radius 2 is 1.63 bits per heavy atom. The lowest BCUT2D eigenvalue weighted by Gasteiger charge is -2.12. The maximum absolute atomic E-state index is 13.3. The minimum absolute atomic E-state index is 0.319. The Hall–Kier alpha value is -4.07. The molecule has 2 aromatic heterocycles. The number of aromatic nitrogens is 1. The van der Waals surface area contributed by atoms with E-state index in [2.05, 4.69) is 5.32 Å². The van der Waals surface area contributed by atoms with Gasteiger partial charge in [0, 0.05) is 21.7 Å². The van der Waals surface area contributed by atoms with Crippen LogP contribution in [-0.2, 0) is 0 Å². The van der Waals surface area contributed by atoms with E-state index in [4.69, 9.17) is 31.8 Å². The minimum atomic E-state index is -0.319. The molecule has 0 aliphatic carbocycles. The van der Waals surface area contributed by atoms with Crippen molar-refractivity contribution in [2.24, 2.45) is 0 Å². The van der Waals surface area contributed by atoms with Crippen LogP contribution >= 0.6 is 22.9 Å². The van der Waals surface area contributed by atoms with Crippen molar-refractivity contribution < 1.29 is 14.3 Å². The van der Waals surface area contributed by atoms with Crippen molar-refractivity contribution in [1.29, 1.82) is 0 Å². The topological polar surface area (TPSA) is 86.5 Å². The fourth-order valence-electron chi connectivity index (χ4n) is 4.25. The van der Waals surface area contributed by atoms with Gasteiger partial charge in [0.05, 0.1) is 25.6 Å². The molecule has 0 radical (unpaired) electrons. The number of thiophene rings is 1. The summed E-state index contributed by atoms with van der Waals surface area (Å²) in [5.74, 6) is 0.894. The van der Waals surface area contributed by atoms with E-state index in [0.29, 0.717) is 43.0 Å². The van der Waals surface area contributed by atoms with Crippen molar-refractivity contribution in [3.8, 4) is 33.9 Å². The number of hydrogen-bond acceptors (Lipinski definition) is 6. The molecule has 38 heavy (non-hydrogen) atoms. The first-order chi connectivity index (χ1) is 18.3. The summed E-state index contributed by atoms with van der Waals surface area (Å²) in [6, 6.07) is 21.3. The third-order valence-corrected chi connectivity index (χ3v) is 7.88. The first-order valence-electron chi connectivity index (χ1n) is 11.9. The van der Waals surface area contributed by atoms with Crippen LogP contribution in [0.2, 0.25) is 5.02 Å². The van der Waals surface area contributed by atoms with Crippen LogP contribution in [0.5, 0.6) is 11.5 Å². The molecule has 2 heterocycles. The first kappa shape index (κ1) is 25.6. The first-order valence-corrected chi connectivity index (χ1v) is 13.1. The molecule has 5 rings (SSSR count). The number of hydrogen-bond donors (Lipinski definition) is 2. The number of nitrogens with zero attached hydrogens (tertiary/aromatic N) is 1. The number of fused-ring (bicyclic) bond motifs is 1. The summed E-state index contributed by atoms with van der Waals surface area (Å²) in [5.41, 5.74) is 13.2. The van der Waals surface area contributed by atoms with Gasteiger partial charge in [-0.15, -0.1) is 11.3 Å². The number of anilines is 2. The number of ether oxygens (including phenoxy) is 2. The van der Waals surface area contributed by atoms with Gasteiger partial charge in [0.1, 0.15) is 9.71 Å². The Labute approximate surface area is 230 Å². The predicted molar refractivity (Wildman–Crippen MR) is 157 cm³/mol. The standard InChI is InChI=1S/C30H26ClN3O3S/c1-16-5-8-18(9-6-16)23-15-21(19-10-12-24(36-3)25(13-19)37-4)26-27(32)28(38-30(26)34-23)29(35)33-20-11-7-17(2)22(31)14-20/h5-15H,32H2,1-4H3,(H,33,35). The lowest BCUT2D eigenvalue weighted by Crippen LogP contribution is -2.12. The van der Waals surface area contributed by atoms with Gasteiger partial charge in [0.2, 0.25) is 0 Å². The monoisotopic (exact) mass is 543 g/mol. The van der Waals surface area contributed by atoms with Crippen molar-refractivity contribution >= 4 is 50.4 Å². The maximum atomic E-state index is 13.3. The number of aryl methyl sites for hydroxylation is 2. The third-order valence-electron chi connectivity index (χ3n) is 6.38. The Morgan fingerprint density at radius 1 is 0.921 bits per heavy atom. The third kappa shape index (κ3) is 4.78. The molecular formula is C30H26ClN3O3S. The Balaban J connectivity index is 1.68. The Morgan fingerprint density at radius 3 is 2.32 bits per heavy atom. The van der Waals surface area contributed by atoms with Gasteiger partial charge < -0.3 is 20.5 Å². The molecule has 0 saturated carbocycles. The van der Waals surface area contributed by atoms with E-state index in [0.717, 1.165) is 33.5 Å². The maximum Gasteiger partial charge on any atom is 0.267 e. The van der Waals surface area contributed by atoms with Gasteiger partial charge in [-0.2, -0.15) is 0 Å². The average Bonchev–Trinajstić information content (AvgIpc) is 3.26. The fourth-order valence-corrected chi connectivity index (χ4v) is 5.45. The molecule has 0 saturated heterocycles. The van der Waals surface area contributed by atoms with E-state index in [1.165, 1.54) is 11.3 Å². The number of nitrogens with two attached hydrogens (primary N) is 1. The molecule has 192 valence electrons. The summed E-state index contributed by atoms with van der Waals surface area (Å²) < 4.78 is 11.0. The predicted octanol–water partition coefficient (Wildman–Crippen LogP) is 7.75. The highest BCUT2D eigenvalue weighted by Gasteiger charge is 2.22. The number of rotatable bonds is 6. The smallest absolute Gasteiger partial charge is 0.267 e. The zero-order valence-electron chi connectivity index (χ0n) is 21.4. The van der Waals surface area contributed by atoms with Gasteiger partial charge in [0.15, 0.2) is 11.5 Å². The molecule has 0 fully saturated rings.